The summed E-state index contributed by atoms with van der Waals surface area (Å²) >= 11 is 0. The van der Waals surface area contributed by atoms with Gasteiger partial charge in [-0.3, -0.25) is 4.68 Å². The van der Waals surface area contributed by atoms with Crippen molar-refractivity contribution in [2.45, 2.75) is 39.3 Å². The van der Waals surface area contributed by atoms with Gasteiger partial charge in [0.1, 0.15) is 5.69 Å². The maximum absolute atomic E-state index is 13.0. The molecule has 1 aromatic heterocycles. The Kier molecular flexibility index (Phi) is 6.82. The van der Waals surface area contributed by atoms with E-state index in [0.717, 1.165) is 12.8 Å². The van der Waals surface area contributed by atoms with Crippen molar-refractivity contribution in [2.24, 2.45) is 0 Å². The van der Waals surface area contributed by atoms with E-state index in [9.17, 15) is 8.78 Å². The molecule has 0 saturated heterocycles. The molecule has 0 aliphatic heterocycles. The highest BCUT2D eigenvalue weighted by atomic mass is 19.3. The zero-order valence-corrected chi connectivity index (χ0v) is 11.0. The van der Waals surface area contributed by atoms with Gasteiger partial charge in [-0.05, 0) is 6.42 Å². The number of aromatic nitrogens is 2. The first-order valence-electron chi connectivity index (χ1n) is 6.23. The Labute approximate surface area is 106 Å². The molecule has 0 aromatic carbocycles. The van der Waals surface area contributed by atoms with Gasteiger partial charge in [-0.25, -0.2) is 8.78 Å². The van der Waals surface area contributed by atoms with Crippen molar-refractivity contribution in [1.29, 1.82) is 0 Å². The van der Waals surface area contributed by atoms with E-state index < -0.39 is 6.43 Å². The normalized spacial score (nSPS) is 11.4. The average molecular weight is 261 g/mol. The number of nitrogens with one attached hydrogen (secondary N) is 1. The van der Waals surface area contributed by atoms with E-state index in [1.54, 1.807) is 7.11 Å². The average Bonchev–Trinajstić information content (AvgIpc) is 2.75. The summed E-state index contributed by atoms with van der Waals surface area (Å²) in [6.45, 7) is 4.18. The minimum atomic E-state index is -2.48. The molecule has 4 nitrogen and oxygen atoms in total. The van der Waals surface area contributed by atoms with Crippen LogP contribution in [0.25, 0.3) is 0 Å². The van der Waals surface area contributed by atoms with E-state index in [2.05, 4.69) is 10.4 Å². The Bertz CT molecular complexity index is 342. The maximum atomic E-state index is 13.0. The van der Waals surface area contributed by atoms with E-state index in [0.29, 0.717) is 31.8 Å². The molecule has 18 heavy (non-hydrogen) atoms. The number of ether oxygens (including phenoxy) is 1. The predicted octanol–water partition coefficient (Wildman–Crippen LogP) is 2.36. The Hall–Kier alpha value is -1.01. The van der Waals surface area contributed by atoms with Gasteiger partial charge < -0.3 is 10.1 Å². The summed E-state index contributed by atoms with van der Waals surface area (Å²) < 4.78 is 32.3. The van der Waals surface area contributed by atoms with Crippen LogP contribution in [-0.2, 0) is 17.8 Å². The molecule has 1 heterocycles. The highest BCUT2D eigenvalue weighted by molar-refractivity contribution is 5.18. The fraction of sp³-hybridized carbons (Fsp3) is 0.750. The topological polar surface area (TPSA) is 39.1 Å². The molecule has 0 atom stereocenters. The van der Waals surface area contributed by atoms with Gasteiger partial charge in [0.15, 0.2) is 0 Å². The Morgan fingerprint density at radius 2 is 2.28 bits per heavy atom. The predicted molar refractivity (Wildman–Crippen MR) is 65.7 cm³/mol. The third-order valence-corrected chi connectivity index (χ3v) is 2.69. The molecule has 0 fully saturated rings. The van der Waals surface area contributed by atoms with E-state index in [-0.39, 0.29) is 5.69 Å². The van der Waals surface area contributed by atoms with E-state index in [4.69, 9.17) is 4.74 Å². The minimum Gasteiger partial charge on any atom is -0.383 e. The van der Waals surface area contributed by atoms with Gasteiger partial charge in [-0.1, -0.05) is 13.3 Å². The Balaban J connectivity index is 2.63. The molecule has 0 saturated carbocycles. The van der Waals surface area contributed by atoms with Crippen LogP contribution in [0.5, 0.6) is 0 Å². The van der Waals surface area contributed by atoms with Crippen LogP contribution < -0.4 is 5.32 Å². The van der Waals surface area contributed by atoms with E-state index in [1.165, 1.54) is 10.9 Å². The summed E-state index contributed by atoms with van der Waals surface area (Å²) in [6.07, 6.45) is 0.863. The van der Waals surface area contributed by atoms with Gasteiger partial charge in [-0.15, -0.1) is 0 Å². The monoisotopic (exact) mass is 261 g/mol. The molecule has 0 amide bonds. The second-order valence-electron chi connectivity index (χ2n) is 4.10. The van der Waals surface area contributed by atoms with Gasteiger partial charge in [0.2, 0.25) is 0 Å². The largest absolute Gasteiger partial charge is 0.383 e. The molecular weight excluding hydrogens is 240 g/mol. The minimum absolute atomic E-state index is 0.0355. The molecule has 0 aliphatic rings. The van der Waals surface area contributed by atoms with Crippen LogP contribution in [0.15, 0.2) is 6.20 Å². The third-order valence-electron chi connectivity index (χ3n) is 2.69. The van der Waals surface area contributed by atoms with Crippen LogP contribution in [0.2, 0.25) is 0 Å². The lowest BCUT2D eigenvalue weighted by Gasteiger charge is -2.09. The molecule has 0 bridgehead atoms. The summed E-state index contributed by atoms with van der Waals surface area (Å²) in [5, 5.41) is 7.09. The lowest BCUT2D eigenvalue weighted by atomic mass is 10.2. The van der Waals surface area contributed by atoms with Gasteiger partial charge in [0.05, 0.1) is 12.8 Å². The Morgan fingerprint density at radius 3 is 2.89 bits per heavy atom. The number of nitrogens with zero attached hydrogens (tertiary/aromatic N) is 2. The van der Waals surface area contributed by atoms with Crippen molar-refractivity contribution in [3.05, 3.63) is 17.5 Å². The summed E-state index contributed by atoms with van der Waals surface area (Å²) in [5.74, 6) is 0. The van der Waals surface area contributed by atoms with Crippen LogP contribution in [0.1, 0.15) is 37.4 Å². The number of alkyl halides is 2. The SMILES string of the molecule is CCCCn1ncc(CNCCOC)c1C(F)F. The lowest BCUT2D eigenvalue weighted by Crippen LogP contribution is -2.19. The smallest absolute Gasteiger partial charge is 0.280 e. The number of hydrogen-bond acceptors (Lipinski definition) is 3. The first-order chi connectivity index (χ1) is 8.70. The standard InChI is InChI=1S/C12H21F2N3O/c1-3-4-6-17-11(12(13)14)10(9-16-17)8-15-5-7-18-2/h9,12,15H,3-8H2,1-2H3. The van der Waals surface area contributed by atoms with Crippen LogP contribution in [0, 0.1) is 0 Å². The fourth-order valence-electron chi connectivity index (χ4n) is 1.71. The van der Waals surface area contributed by atoms with E-state index in [1.807, 2.05) is 6.92 Å². The molecule has 0 spiro atoms. The zero-order valence-electron chi connectivity index (χ0n) is 11.0. The summed E-state index contributed by atoms with van der Waals surface area (Å²) in [5.41, 5.74) is 0.602. The second-order valence-corrected chi connectivity index (χ2v) is 4.10. The zero-order chi connectivity index (χ0) is 13.4. The quantitative estimate of drug-likeness (QED) is 0.694. The number of aryl methyl sites for hydroxylation is 1. The molecule has 1 N–H and O–H groups in total. The van der Waals surface area contributed by atoms with Crippen molar-refractivity contribution >= 4 is 0 Å². The van der Waals surface area contributed by atoms with Crippen LogP contribution in [0.4, 0.5) is 8.78 Å². The van der Waals surface area contributed by atoms with Crippen LogP contribution in [-0.4, -0.2) is 30.0 Å². The third kappa shape index (κ3) is 4.34. The highest BCUT2D eigenvalue weighted by Crippen LogP contribution is 2.23. The van der Waals surface area contributed by atoms with Crippen molar-refractivity contribution in [3.63, 3.8) is 0 Å². The second kappa shape index (κ2) is 8.16. The molecular formula is C12H21F2N3O. The molecule has 1 aromatic rings. The van der Waals surface area contributed by atoms with Crippen molar-refractivity contribution < 1.29 is 13.5 Å². The van der Waals surface area contributed by atoms with Crippen molar-refractivity contribution in [3.8, 4) is 0 Å². The first-order valence-corrected chi connectivity index (χ1v) is 6.23. The maximum Gasteiger partial charge on any atom is 0.280 e. The van der Waals surface area contributed by atoms with Crippen molar-refractivity contribution in [2.75, 3.05) is 20.3 Å². The number of unbranched alkanes of at least 4 members (excludes halogenated alkanes) is 1. The number of hydrogen-bond donors (Lipinski definition) is 1. The summed E-state index contributed by atoms with van der Waals surface area (Å²) in [7, 11) is 1.61. The summed E-state index contributed by atoms with van der Waals surface area (Å²) in [6, 6.07) is 0. The van der Waals surface area contributed by atoms with E-state index >= 15 is 0 Å². The van der Waals surface area contributed by atoms with Gasteiger partial charge >= 0.3 is 0 Å². The first kappa shape index (κ1) is 15.0. The number of rotatable bonds is 9. The van der Waals surface area contributed by atoms with Gasteiger partial charge in [0, 0.05) is 32.3 Å². The lowest BCUT2D eigenvalue weighted by molar-refractivity contribution is 0.137. The Morgan fingerprint density at radius 1 is 1.50 bits per heavy atom. The van der Waals surface area contributed by atoms with Crippen LogP contribution in [0.3, 0.4) is 0 Å². The van der Waals surface area contributed by atoms with Crippen molar-refractivity contribution in [1.82, 2.24) is 15.1 Å². The molecule has 0 unspecified atom stereocenters. The van der Waals surface area contributed by atoms with Gasteiger partial charge in [-0.2, -0.15) is 5.10 Å². The van der Waals surface area contributed by atoms with Crippen LogP contribution >= 0.6 is 0 Å². The number of methoxy groups -OCH3 is 1. The fourth-order valence-corrected chi connectivity index (χ4v) is 1.71. The number of halogens is 2. The molecule has 104 valence electrons. The molecule has 6 heteroatoms. The molecule has 1 rings (SSSR count). The van der Waals surface area contributed by atoms with Gasteiger partial charge in [0.25, 0.3) is 6.43 Å². The molecule has 0 aliphatic carbocycles. The summed E-state index contributed by atoms with van der Waals surface area (Å²) in [4.78, 5) is 0. The molecule has 0 radical (unpaired) electrons. The highest BCUT2D eigenvalue weighted by Gasteiger charge is 2.19.